The summed E-state index contributed by atoms with van der Waals surface area (Å²) in [6.45, 7) is 7.28. The Morgan fingerprint density at radius 3 is 2.33 bits per heavy atom. The van der Waals surface area contributed by atoms with Crippen molar-refractivity contribution in [1.29, 1.82) is 0 Å². The van der Waals surface area contributed by atoms with Crippen LogP contribution in [0.25, 0.3) is 0 Å². The van der Waals surface area contributed by atoms with E-state index in [0.29, 0.717) is 5.69 Å². The van der Waals surface area contributed by atoms with E-state index >= 15 is 0 Å². The molecule has 0 spiro atoms. The van der Waals surface area contributed by atoms with Gasteiger partial charge < -0.3 is 5.32 Å². The first-order valence-corrected chi connectivity index (χ1v) is 9.68. The van der Waals surface area contributed by atoms with Crippen LogP contribution in [0.4, 0.5) is 10.8 Å². The first-order chi connectivity index (χ1) is 11.1. The summed E-state index contributed by atoms with van der Waals surface area (Å²) in [5, 5.41) is 10.1. The maximum atomic E-state index is 12.3. The van der Waals surface area contributed by atoms with Gasteiger partial charge in [0.1, 0.15) is 0 Å². The van der Waals surface area contributed by atoms with E-state index in [4.69, 9.17) is 0 Å². The number of carbonyl (C=O) groups is 1. The van der Waals surface area contributed by atoms with Crippen LogP contribution < -0.4 is 10.0 Å². The van der Waals surface area contributed by atoms with Crippen molar-refractivity contribution in [2.45, 2.75) is 38.5 Å². The van der Waals surface area contributed by atoms with Crippen molar-refractivity contribution in [2.24, 2.45) is 5.41 Å². The second-order valence-corrected chi connectivity index (χ2v) is 9.07. The van der Waals surface area contributed by atoms with Crippen LogP contribution in [0.15, 0.2) is 28.6 Å². The predicted octanol–water partition coefficient (Wildman–Crippen LogP) is 2.89. The summed E-state index contributed by atoms with van der Waals surface area (Å²) in [5.74, 6) is -0.259. The number of aryl methyl sites for hydroxylation is 1. The van der Waals surface area contributed by atoms with Gasteiger partial charge in [-0.25, -0.2) is 0 Å². The molecule has 2 aromatic rings. The molecule has 0 atom stereocenters. The van der Waals surface area contributed by atoms with Crippen LogP contribution in [0.2, 0.25) is 0 Å². The number of anilines is 2. The zero-order valence-electron chi connectivity index (χ0n) is 14.0. The van der Waals surface area contributed by atoms with Gasteiger partial charge in [-0.3, -0.25) is 9.52 Å². The predicted molar refractivity (Wildman–Crippen MR) is 94.6 cm³/mol. The van der Waals surface area contributed by atoms with Crippen molar-refractivity contribution >= 4 is 38.1 Å². The normalized spacial score (nSPS) is 12.0. The number of hydrogen-bond acceptors (Lipinski definition) is 6. The fourth-order valence-corrected chi connectivity index (χ4v) is 3.62. The molecule has 0 aliphatic rings. The molecular weight excluding hydrogens is 348 g/mol. The quantitative estimate of drug-likeness (QED) is 0.790. The molecule has 7 nitrogen and oxygen atoms in total. The molecule has 0 aliphatic carbocycles. The van der Waals surface area contributed by atoms with Gasteiger partial charge in [0.05, 0.1) is 0 Å². The van der Waals surface area contributed by atoms with E-state index in [2.05, 4.69) is 20.2 Å². The Hall–Kier alpha value is -2.00. The van der Waals surface area contributed by atoms with Gasteiger partial charge in [0, 0.05) is 11.1 Å². The van der Waals surface area contributed by atoms with Crippen LogP contribution in [-0.4, -0.2) is 24.5 Å². The van der Waals surface area contributed by atoms with Crippen molar-refractivity contribution in [3.8, 4) is 0 Å². The number of benzene rings is 1. The lowest BCUT2D eigenvalue weighted by molar-refractivity contribution is -0.123. The molecule has 1 aromatic heterocycles. The molecule has 0 aliphatic heterocycles. The van der Waals surface area contributed by atoms with E-state index in [1.54, 1.807) is 32.9 Å². The first kappa shape index (κ1) is 18.3. The third-order valence-corrected chi connectivity index (χ3v) is 5.74. The van der Waals surface area contributed by atoms with Gasteiger partial charge in [-0.15, -0.1) is 10.2 Å². The molecule has 1 amide bonds. The highest BCUT2D eigenvalue weighted by Gasteiger charge is 2.25. The second kappa shape index (κ2) is 6.86. The van der Waals surface area contributed by atoms with E-state index < -0.39 is 15.4 Å². The third-order valence-electron chi connectivity index (χ3n) is 3.15. The van der Waals surface area contributed by atoms with Crippen molar-refractivity contribution in [1.82, 2.24) is 10.2 Å². The van der Waals surface area contributed by atoms with Crippen molar-refractivity contribution in [3.05, 3.63) is 29.8 Å². The van der Waals surface area contributed by atoms with Crippen LogP contribution in [0.3, 0.4) is 0 Å². The van der Waals surface area contributed by atoms with Crippen LogP contribution in [0.1, 0.15) is 33.3 Å². The Kier molecular flexibility index (Phi) is 5.24. The Balaban J connectivity index is 2.13. The van der Waals surface area contributed by atoms with Crippen molar-refractivity contribution < 1.29 is 13.2 Å². The van der Waals surface area contributed by atoms with Crippen LogP contribution in [-0.2, 0) is 21.2 Å². The second-order valence-electron chi connectivity index (χ2n) is 6.23. The largest absolute Gasteiger partial charge is 0.300 e. The summed E-state index contributed by atoms with van der Waals surface area (Å²) < 4.78 is 26.9. The van der Waals surface area contributed by atoms with E-state index in [0.717, 1.165) is 23.3 Å². The molecule has 24 heavy (non-hydrogen) atoms. The minimum absolute atomic E-state index is 0.150. The highest BCUT2D eigenvalue weighted by Crippen LogP contribution is 2.24. The lowest BCUT2D eigenvalue weighted by atomic mass is 9.96. The fraction of sp³-hybridized carbons (Fsp3) is 0.400. The SMILES string of the molecule is CCc1ccc(NS(=O)(=O)c2nnc(NC(=O)C(C)(C)C)s2)cc1. The van der Waals surface area contributed by atoms with Crippen molar-refractivity contribution in [3.63, 3.8) is 0 Å². The zero-order chi connectivity index (χ0) is 18.0. The summed E-state index contributed by atoms with van der Waals surface area (Å²) in [6, 6.07) is 7.10. The molecule has 1 heterocycles. The molecule has 0 unspecified atom stereocenters. The fourth-order valence-electron chi connectivity index (χ4n) is 1.66. The van der Waals surface area contributed by atoms with Gasteiger partial charge in [0.15, 0.2) is 0 Å². The molecule has 0 fully saturated rings. The van der Waals surface area contributed by atoms with Gasteiger partial charge in [0.2, 0.25) is 11.0 Å². The molecular formula is C15H20N4O3S2. The van der Waals surface area contributed by atoms with Gasteiger partial charge >= 0.3 is 0 Å². The maximum absolute atomic E-state index is 12.3. The summed E-state index contributed by atoms with van der Waals surface area (Å²) in [6.07, 6.45) is 0.875. The maximum Gasteiger partial charge on any atom is 0.291 e. The van der Waals surface area contributed by atoms with E-state index in [-0.39, 0.29) is 15.4 Å². The topological polar surface area (TPSA) is 101 Å². The molecule has 2 rings (SSSR count). The van der Waals surface area contributed by atoms with Gasteiger partial charge in [-0.05, 0) is 24.1 Å². The lowest BCUT2D eigenvalue weighted by Gasteiger charge is -2.15. The molecule has 0 saturated heterocycles. The summed E-state index contributed by atoms with van der Waals surface area (Å²) in [7, 11) is -3.84. The van der Waals surface area contributed by atoms with E-state index in [1.807, 2.05) is 19.1 Å². The summed E-state index contributed by atoms with van der Waals surface area (Å²) in [5.41, 5.74) is 0.952. The number of aromatic nitrogens is 2. The standard InChI is InChI=1S/C15H20N4O3S2/c1-5-10-6-8-11(9-7-10)19-24(21,22)14-18-17-13(23-14)16-12(20)15(2,3)4/h6-9,19H,5H2,1-4H3,(H,16,17,20). The van der Waals surface area contributed by atoms with Gasteiger partial charge in [-0.1, -0.05) is 51.2 Å². The molecule has 1 aromatic carbocycles. The highest BCUT2D eigenvalue weighted by atomic mass is 32.2. The van der Waals surface area contributed by atoms with E-state index in [9.17, 15) is 13.2 Å². The van der Waals surface area contributed by atoms with E-state index in [1.165, 1.54) is 0 Å². The Morgan fingerprint density at radius 2 is 1.79 bits per heavy atom. The summed E-state index contributed by atoms with van der Waals surface area (Å²) >= 11 is 0.807. The van der Waals surface area contributed by atoms with Crippen LogP contribution in [0, 0.1) is 5.41 Å². The molecule has 0 bridgehead atoms. The van der Waals surface area contributed by atoms with Crippen LogP contribution >= 0.6 is 11.3 Å². The number of rotatable bonds is 5. The van der Waals surface area contributed by atoms with Gasteiger partial charge in [0.25, 0.3) is 14.4 Å². The minimum Gasteiger partial charge on any atom is -0.300 e. The molecule has 9 heteroatoms. The first-order valence-electron chi connectivity index (χ1n) is 7.38. The lowest BCUT2D eigenvalue weighted by Crippen LogP contribution is -2.27. The van der Waals surface area contributed by atoms with Gasteiger partial charge in [-0.2, -0.15) is 8.42 Å². The third kappa shape index (κ3) is 4.51. The van der Waals surface area contributed by atoms with Crippen molar-refractivity contribution in [2.75, 3.05) is 10.0 Å². The molecule has 130 valence electrons. The Labute approximate surface area is 145 Å². The highest BCUT2D eigenvalue weighted by molar-refractivity contribution is 7.94. The number of nitrogens with one attached hydrogen (secondary N) is 2. The number of hydrogen-bond donors (Lipinski definition) is 2. The number of nitrogens with zero attached hydrogens (tertiary/aromatic N) is 2. The summed E-state index contributed by atoms with van der Waals surface area (Å²) in [4.78, 5) is 11.9. The monoisotopic (exact) mass is 368 g/mol. The Bertz CT molecular complexity index is 821. The number of amides is 1. The molecule has 2 N–H and O–H groups in total. The van der Waals surface area contributed by atoms with Crippen LogP contribution in [0.5, 0.6) is 0 Å². The average molecular weight is 368 g/mol. The molecule has 0 saturated carbocycles. The molecule has 0 radical (unpaired) electrons. The smallest absolute Gasteiger partial charge is 0.291 e. The zero-order valence-corrected chi connectivity index (χ0v) is 15.6. The average Bonchev–Trinajstić information content (AvgIpc) is 2.96. The Morgan fingerprint density at radius 1 is 1.17 bits per heavy atom. The number of sulfonamides is 1. The number of carbonyl (C=O) groups excluding carboxylic acids is 1. The minimum atomic E-state index is -3.84.